The lowest BCUT2D eigenvalue weighted by Crippen LogP contribution is -2.46. The van der Waals surface area contributed by atoms with Crippen LogP contribution in [0.3, 0.4) is 0 Å². The molecule has 1 unspecified atom stereocenters. The minimum Gasteiger partial charge on any atom is -0.481 e. The van der Waals surface area contributed by atoms with E-state index in [1.54, 1.807) is 35.2 Å². The van der Waals surface area contributed by atoms with Crippen LogP contribution < -0.4 is 0 Å². The van der Waals surface area contributed by atoms with Crippen molar-refractivity contribution in [3.8, 4) is 0 Å². The van der Waals surface area contributed by atoms with Crippen LogP contribution in [0.2, 0.25) is 0 Å². The number of amides is 1. The van der Waals surface area contributed by atoms with Gasteiger partial charge in [-0.2, -0.15) is 0 Å². The molecule has 6 nitrogen and oxygen atoms in total. The molecule has 1 aliphatic heterocycles. The van der Waals surface area contributed by atoms with Gasteiger partial charge in [0.05, 0.1) is 24.7 Å². The van der Waals surface area contributed by atoms with Gasteiger partial charge in [0.1, 0.15) is 0 Å². The van der Waals surface area contributed by atoms with Crippen LogP contribution in [0.25, 0.3) is 0 Å². The first-order valence-electron chi connectivity index (χ1n) is 9.20. The minimum atomic E-state index is -0.968. The summed E-state index contributed by atoms with van der Waals surface area (Å²) < 4.78 is 5.43. The average Bonchev–Trinajstić information content (AvgIpc) is 2.68. The molecule has 1 fully saturated rings. The Morgan fingerprint density at radius 1 is 1.07 bits per heavy atom. The first-order chi connectivity index (χ1) is 13.4. The molecule has 2 aromatic rings. The number of aliphatic carboxylic acids is 1. The number of rotatable bonds is 5. The van der Waals surface area contributed by atoms with E-state index in [9.17, 15) is 14.4 Å². The molecule has 2 aromatic carbocycles. The van der Waals surface area contributed by atoms with Gasteiger partial charge in [-0.3, -0.25) is 14.4 Å². The van der Waals surface area contributed by atoms with Crippen molar-refractivity contribution in [1.82, 2.24) is 4.90 Å². The van der Waals surface area contributed by atoms with Crippen LogP contribution in [0.1, 0.15) is 43.8 Å². The molecule has 1 heterocycles. The zero-order valence-electron chi connectivity index (χ0n) is 16.0. The van der Waals surface area contributed by atoms with E-state index in [4.69, 9.17) is 9.84 Å². The van der Waals surface area contributed by atoms with Gasteiger partial charge in [0.2, 0.25) is 0 Å². The van der Waals surface area contributed by atoms with E-state index in [2.05, 4.69) is 0 Å². The SMILES string of the molecule is Cc1ccc(C(=O)c2ccccc2C(=O)N2CCOC(CC(=O)O)C2)cc1C. The second-order valence-corrected chi connectivity index (χ2v) is 7.02. The number of carbonyl (C=O) groups excluding carboxylic acids is 2. The standard InChI is InChI=1S/C22H23NO5/c1-14-7-8-16(11-15(14)2)21(26)18-5-3-4-6-19(18)22(27)23-9-10-28-17(13-23)12-20(24)25/h3-8,11,17H,9-10,12-13H2,1-2H3,(H,24,25). The van der Waals surface area contributed by atoms with Crippen LogP contribution in [0.5, 0.6) is 0 Å². The Kier molecular flexibility index (Phi) is 5.90. The van der Waals surface area contributed by atoms with Gasteiger partial charge in [0.25, 0.3) is 5.91 Å². The Bertz CT molecular complexity index is 921. The first-order valence-corrected chi connectivity index (χ1v) is 9.20. The Morgan fingerprint density at radius 2 is 1.79 bits per heavy atom. The number of aryl methyl sites for hydroxylation is 2. The van der Waals surface area contributed by atoms with Crippen molar-refractivity contribution in [2.24, 2.45) is 0 Å². The number of hydrogen-bond donors (Lipinski definition) is 1. The molecule has 0 aliphatic carbocycles. The fraction of sp³-hybridized carbons (Fsp3) is 0.318. The predicted molar refractivity (Wildman–Crippen MR) is 104 cm³/mol. The summed E-state index contributed by atoms with van der Waals surface area (Å²) in [7, 11) is 0. The first kappa shape index (κ1) is 19.8. The molecular formula is C22H23NO5. The van der Waals surface area contributed by atoms with Crippen molar-refractivity contribution in [2.75, 3.05) is 19.7 Å². The molecule has 0 aromatic heterocycles. The number of ketones is 1. The third-order valence-corrected chi connectivity index (χ3v) is 5.00. The monoisotopic (exact) mass is 381 g/mol. The molecule has 0 radical (unpaired) electrons. The lowest BCUT2D eigenvalue weighted by atomic mass is 9.95. The van der Waals surface area contributed by atoms with Gasteiger partial charge in [0, 0.05) is 24.2 Å². The molecule has 28 heavy (non-hydrogen) atoms. The highest BCUT2D eigenvalue weighted by molar-refractivity contribution is 6.15. The van der Waals surface area contributed by atoms with Crippen molar-refractivity contribution in [3.63, 3.8) is 0 Å². The fourth-order valence-corrected chi connectivity index (χ4v) is 3.30. The summed E-state index contributed by atoms with van der Waals surface area (Å²) in [5.74, 6) is -1.46. The molecule has 0 bridgehead atoms. The highest BCUT2D eigenvalue weighted by atomic mass is 16.5. The average molecular weight is 381 g/mol. The van der Waals surface area contributed by atoms with Crippen LogP contribution >= 0.6 is 0 Å². The molecule has 1 saturated heterocycles. The minimum absolute atomic E-state index is 0.160. The van der Waals surface area contributed by atoms with Gasteiger partial charge >= 0.3 is 5.97 Å². The number of benzene rings is 2. The lowest BCUT2D eigenvalue weighted by molar-refractivity contribution is -0.141. The molecule has 6 heteroatoms. The summed E-state index contributed by atoms with van der Waals surface area (Å²) in [4.78, 5) is 38.6. The van der Waals surface area contributed by atoms with E-state index in [1.807, 2.05) is 26.0 Å². The number of hydrogen-bond acceptors (Lipinski definition) is 4. The Labute approximate surface area is 163 Å². The van der Waals surface area contributed by atoms with Gasteiger partial charge in [0.15, 0.2) is 5.78 Å². The number of ether oxygens (including phenoxy) is 1. The van der Waals surface area contributed by atoms with Crippen LogP contribution in [0, 0.1) is 13.8 Å². The summed E-state index contributed by atoms with van der Waals surface area (Å²) in [6.45, 7) is 4.75. The van der Waals surface area contributed by atoms with E-state index in [1.165, 1.54) is 0 Å². The molecule has 0 spiro atoms. The van der Waals surface area contributed by atoms with Crippen LogP contribution in [0.4, 0.5) is 0 Å². The summed E-state index contributed by atoms with van der Waals surface area (Å²) in [6, 6.07) is 12.2. The van der Waals surface area contributed by atoms with E-state index < -0.39 is 12.1 Å². The molecular weight excluding hydrogens is 358 g/mol. The van der Waals surface area contributed by atoms with Crippen molar-refractivity contribution in [1.29, 1.82) is 0 Å². The number of carboxylic acids is 1. The van der Waals surface area contributed by atoms with Gasteiger partial charge in [-0.1, -0.05) is 30.3 Å². The number of nitrogens with zero attached hydrogens (tertiary/aromatic N) is 1. The normalized spacial score (nSPS) is 16.6. The van der Waals surface area contributed by atoms with Crippen molar-refractivity contribution >= 4 is 17.7 Å². The van der Waals surface area contributed by atoms with Gasteiger partial charge in [-0.05, 0) is 37.1 Å². The Morgan fingerprint density at radius 3 is 2.46 bits per heavy atom. The van der Waals surface area contributed by atoms with Gasteiger partial charge in [-0.25, -0.2) is 0 Å². The smallest absolute Gasteiger partial charge is 0.306 e. The highest BCUT2D eigenvalue weighted by Gasteiger charge is 2.28. The van der Waals surface area contributed by atoms with Crippen molar-refractivity contribution in [3.05, 3.63) is 70.3 Å². The molecule has 146 valence electrons. The van der Waals surface area contributed by atoms with Crippen molar-refractivity contribution in [2.45, 2.75) is 26.4 Å². The van der Waals surface area contributed by atoms with E-state index >= 15 is 0 Å². The molecule has 1 aliphatic rings. The molecule has 1 N–H and O–H groups in total. The number of carboxylic acid groups (broad SMARTS) is 1. The van der Waals surface area contributed by atoms with Crippen LogP contribution in [0.15, 0.2) is 42.5 Å². The Hall–Kier alpha value is -2.99. The molecule has 1 amide bonds. The largest absolute Gasteiger partial charge is 0.481 e. The van der Waals surface area contributed by atoms with Crippen LogP contribution in [-0.4, -0.2) is 53.5 Å². The Balaban J connectivity index is 1.87. The summed E-state index contributed by atoms with van der Waals surface area (Å²) in [5, 5.41) is 8.96. The van der Waals surface area contributed by atoms with Gasteiger partial charge < -0.3 is 14.7 Å². The van der Waals surface area contributed by atoms with E-state index in [0.717, 1.165) is 11.1 Å². The van der Waals surface area contributed by atoms with Crippen LogP contribution in [-0.2, 0) is 9.53 Å². The lowest BCUT2D eigenvalue weighted by Gasteiger charge is -2.32. The molecule has 3 rings (SSSR count). The zero-order chi connectivity index (χ0) is 20.3. The third-order valence-electron chi connectivity index (χ3n) is 5.00. The maximum absolute atomic E-state index is 13.1. The topological polar surface area (TPSA) is 83.9 Å². The predicted octanol–water partition coefficient (Wildman–Crippen LogP) is 2.85. The third kappa shape index (κ3) is 4.28. The quantitative estimate of drug-likeness (QED) is 0.805. The maximum atomic E-state index is 13.1. The second kappa shape index (κ2) is 8.35. The number of morpholine rings is 1. The van der Waals surface area contributed by atoms with E-state index in [-0.39, 0.29) is 31.3 Å². The number of carbonyl (C=O) groups is 3. The summed E-state index contributed by atoms with van der Waals surface area (Å²) >= 11 is 0. The highest BCUT2D eigenvalue weighted by Crippen LogP contribution is 2.20. The molecule has 0 saturated carbocycles. The van der Waals surface area contributed by atoms with E-state index in [0.29, 0.717) is 23.2 Å². The molecule has 1 atom stereocenters. The summed E-state index contributed by atoms with van der Waals surface area (Å²) in [5.41, 5.74) is 3.31. The fourth-order valence-electron chi connectivity index (χ4n) is 3.30. The maximum Gasteiger partial charge on any atom is 0.306 e. The zero-order valence-corrected chi connectivity index (χ0v) is 16.0. The van der Waals surface area contributed by atoms with Gasteiger partial charge in [-0.15, -0.1) is 0 Å². The summed E-state index contributed by atoms with van der Waals surface area (Å²) in [6.07, 6.45) is -0.703. The second-order valence-electron chi connectivity index (χ2n) is 7.02. The van der Waals surface area contributed by atoms with Crippen molar-refractivity contribution < 1.29 is 24.2 Å².